The molecule has 30 heavy (non-hydrogen) atoms. The highest BCUT2D eigenvalue weighted by molar-refractivity contribution is 5.94. The molecule has 0 bridgehead atoms. The van der Waals surface area contributed by atoms with Gasteiger partial charge in [0, 0.05) is 23.7 Å². The molecule has 0 aliphatic rings. The Balaban J connectivity index is 1.73. The van der Waals surface area contributed by atoms with Crippen LogP contribution in [0.3, 0.4) is 0 Å². The molecular formula is C23H24N4O3. The van der Waals surface area contributed by atoms with E-state index in [1.807, 2.05) is 71.6 Å². The molecule has 1 N–H and O–H groups in total. The highest BCUT2D eigenvalue weighted by atomic mass is 16.5. The molecule has 1 atom stereocenters. The lowest BCUT2D eigenvalue weighted by atomic mass is 10.1. The van der Waals surface area contributed by atoms with Gasteiger partial charge in [0.05, 0.1) is 12.6 Å². The van der Waals surface area contributed by atoms with Crippen LogP contribution in [0, 0.1) is 6.92 Å². The first-order valence-corrected chi connectivity index (χ1v) is 9.93. The van der Waals surface area contributed by atoms with Crippen LogP contribution >= 0.6 is 0 Å². The van der Waals surface area contributed by atoms with E-state index in [1.165, 1.54) is 6.07 Å². The van der Waals surface area contributed by atoms with Gasteiger partial charge in [-0.05, 0) is 43.2 Å². The van der Waals surface area contributed by atoms with E-state index in [-0.39, 0.29) is 11.5 Å². The zero-order valence-electron chi connectivity index (χ0n) is 17.3. The zero-order chi connectivity index (χ0) is 21.3. The third-order valence-electron chi connectivity index (χ3n) is 5.30. The number of hydrogen-bond donors (Lipinski definition) is 1. The lowest BCUT2D eigenvalue weighted by Gasteiger charge is -2.20. The van der Waals surface area contributed by atoms with E-state index in [9.17, 15) is 9.59 Å². The topological polar surface area (TPSA) is 77.6 Å². The van der Waals surface area contributed by atoms with E-state index in [0.29, 0.717) is 18.6 Å². The number of amides is 1. The standard InChI is InChI=1S/C23H24N4O3/c1-4-19(23(29)24-14-16-9-11-17(30-3)12-10-16)27-20-8-6-5-7-18(20)22-25-21(28)13-15(2)26(22)27/h5-13,19H,4,14H2,1-3H3,(H,24,29)/t19-/m0/s1. The van der Waals surface area contributed by atoms with Gasteiger partial charge in [-0.2, -0.15) is 4.98 Å². The van der Waals surface area contributed by atoms with Gasteiger partial charge in [0.25, 0.3) is 5.56 Å². The quantitative estimate of drug-likeness (QED) is 0.535. The average molecular weight is 404 g/mol. The number of nitrogens with zero attached hydrogens (tertiary/aromatic N) is 3. The first kappa shape index (κ1) is 19.7. The van der Waals surface area contributed by atoms with Crippen molar-refractivity contribution in [1.82, 2.24) is 19.5 Å². The van der Waals surface area contributed by atoms with Crippen LogP contribution in [0.25, 0.3) is 16.6 Å². The number of ether oxygens (including phenoxy) is 1. The smallest absolute Gasteiger partial charge is 0.273 e. The summed E-state index contributed by atoms with van der Waals surface area (Å²) in [4.78, 5) is 29.4. The van der Waals surface area contributed by atoms with Gasteiger partial charge in [0.15, 0.2) is 5.65 Å². The predicted octanol–water partition coefficient (Wildman–Crippen LogP) is 3.23. The summed E-state index contributed by atoms with van der Waals surface area (Å²) in [7, 11) is 1.62. The summed E-state index contributed by atoms with van der Waals surface area (Å²) in [5.74, 6) is 0.688. The van der Waals surface area contributed by atoms with Crippen LogP contribution in [0.2, 0.25) is 0 Å². The molecule has 2 aromatic carbocycles. The van der Waals surface area contributed by atoms with Crippen molar-refractivity contribution in [2.24, 2.45) is 0 Å². The van der Waals surface area contributed by atoms with E-state index < -0.39 is 6.04 Å². The van der Waals surface area contributed by atoms with Crippen molar-refractivity contribution in [2.45, 2.75) is 32.9 Å². The second-order valence-corrected chi connectivity index (χ2v) is 7.22. The van der Waals surface area contributed by atoms with E-state index >= 15 is 0 Å². The Labute approximate surface area is 173 Å². The molecule has 7 nitrogen and oxygen atoms in total. The van der Waals surface area contributed by atoms with Crippen LogP contribution in [0.5, 0.6) is 5.75 Å². The maximum Gasteiger partial charge on any atom is 0.273 e. The molecule has 0 unspecified atom stereocenters. The van der Waals surface area contributed by atoms with Gasteiger partial charge in [-0.1, -0.05) is 31.2 Å². The molecule has 0 saturated carbocycles. The Bertz CT molecular complexity index is 1270. The fourth-order valence-electron chi connectivity index (χ4n) is 3.83. The van der Waals surface area contributed by atoms with E-state index in [0.717, 1.165) is 27.9 Å². The minimum absolute atomic E-state index is 0.0888. The molecule has 2 aromatic heterocycles. The molecule has 1 amide bonds. The Hall–Kier alpha value is -3.61. The summed E-state index contributed by atoms with van der Waals surface area (Å²) < 4.78 is 8.99. The first-order chi connectivity index (χ1) is 14.5. The molecule has 2 heterocycles. The number of aryl methyl sites for hydroxylation is 1. The van der Waals surface area contributed by atoms with E-state index in [2.05, 4.69) is 10.3 Å². The molecule has 4 aromatic rings. The van der Waals surface area contributed by atoms with E-state index in [1.54, 1.807) is 7.11 Å². The average Bonchev–Trinajstić information content (AvgIpc) is 3.08. The third kappa shape index (κ3) is 3.43. The Morgan fingerprint density at radius 3 is 2.60 bits per heavy atom. The lowest BCUT2D eigenvalue weighted by molar-refractivity contribution is -0.124. The first-order valence-electron chi connectivity index (χ1n) is 9.93. The van der Waals surface area contributed by atoms with Crippen LogP contribution in [0.1, 0.15) is 30.6 Å². The molecule has 0 radical (unpaired) electrons. The maximum absolute atomic E-state index is 13.2. The summed E-state index contributed by atoms with van der Waals surface area (Å²) in [6.07, 6.45) is 0.591. The van der Waals surface area contributed by atoms with Gasteiger partial charge in [-0.3, -0.25) is 14.3 Å². The third-order valence-corrected chi connectivity index (χ3v) is 5.30. The van der Waals surface area contributed by atoms with Crippen molar-refractivity contribution in [3.63, 3.8) is 0 Å². The van der Waals surface area contributed by atoms with Gasteiger partial charge in [0.1, 0.15) is 11.8 Å². The monoisotopic (exact) mass is 404 g/mol. The van der Waals surface area contributed by atoms with Crippen molar-refractivity contribution in [3.8, 4) is 5.75 Å². The molecule has 7 heteroatoms. The molecule has 0 fully saturated rings. The number of hydrogen-bond acceptors (Lipinski definition) is 4. The summed E-state index contributed by atoms with van der Waals surface area (Å²) in [6, 6.07) is 16.4. The van der Waals surface area contributed by atoms with Crippen LogP contribution in [0.15, 0.2) is 59.4 Å². The number of carbonyl (C=O) groups excluding carboxylic acids is 1. The van der Waals surface area contributed by atoms with Crippen molar-refractivity contribution in [3.05, 3.63) is 76.2 Å². The SMILES string of the molecule is CC[C@@H](C(=O)NCc1ccc(OC)cc1)n1c2ccccc2c2nc(=O)cc(C)n21. The Morgan fingerprint density at radius 2 is 1.90 bits per heavy atom. The lowest BCUT2D eigenvalue weighted by Crippen LogP contribution is -2.34. The summed E-state index contributed by atoms with van der Waals surface area (Å²) in [6.45, 7) is 4.25. The molecular weight excluding hydrogens is 380 g/mol. The minimum atomic E-state index is -0.450. The molecule has 0 aliphatic carbocycles. The Morgan fingerprint density at radius 1 is 1.17 bits per heavy atom. The second kappa shape index (κ2) is 8.02. The summed E-state index contributed by atoms with van der Waals surface area (Å²) in [5, 5.41) is 3.89. The molecule has 4 rings (SSSR count). The Kier molecular flexibility index (Phi) is 5.27. The van der Waals surface area contributed by atoms with Crippen LogP contribution in [0.4, 0.5) is 0 Å². The fraction of sp³-hybridized carbons (Fsp3) is 0.261. The number of methoxy groups -OCH3 is 1. The number of fused-ring (bicyclic) bond motifs is 3. The largest absolute Gasteiger partial charge is 0.497 e. The van der Waals surface area contributed by atoms with Gasteiger partial charge >= 0.3 is 0 Å². The van der Waals surface area contributed by atoms with Gasteiger partial charge < -0.3 is 10.1 Å². The van der Waals surface area contributed by atoms with Crippen molar-refractivity contribution >= 4 is 22.5 Å². The number of aromatic nitrogens is 3. The number of para-hydroxylation sites is 1. The van der Waals surface area contributed by atoms with Gasteiger partial charge in [-0.15, -0.1) is 0 Å². The van der Waals surface area contributed by atoms with E-state index in [4.69, 9.17) is 4.74 Å². The highest BCUT2D eigenvalue weighted by Gasteiger charge is 2.24. The minimum Gasteiger partial charge on any atom is -0.497 e. The number of nitrogens with one attached hydrogen (secondary N) is 1. The zero-order valence-corrected chi connectivity index (χ0v) is 17.3. The molecule has 0 spiro atoms. The number of benzene rings is 2. The van der Waals surface area contributed by atoms with Gasteiger partial charge in [0.2, 0.25) is 5.91 Å². The summed E-state index contributed by atoms with van der Waals surface area (Å²) in [5.41, 5.74) is 2.87. The maximum atomic E-state index is 13.2. The molecule has 0 aliphatic heterocycles. The fourth-order valence-corrected chi connectivity index (χ4v) is 3.83. The van der Waals surface area contributed by atoms with Crippen LogP contribution in [-0.2, 0) is 11.3 Å². The number of rotatable bonds is 6. The predicted molar refractivity (Wildman–Crippen MR) is 116 cm³/mol. The number of carbonyl (C=O) groups is 1. The molecule has 0 saturated heterocycles. The second-order valence-electron chi connectivity index (χ2n) is 7.22. The highest BCUT2D eigenvalue weighted by Crippen LogP contribution is 2.26. The van der Waals surface area contributed by atoms with Crippen molar-refractivity contribution in [1.29, 1.82) is 0 Å². The normalized spacial score (nSPS) is 12.2. The van der Waals surface area contributed by atoms with Crippen molar-refractivity contribution < 1.29 is 9.53 Å². The van der Waals surface area contributed by atoms with Crippen molar-refractivity contribution in [2.75, 3.05) is 7.11 Å². The van der Waals surface area contributed by atoms with Crippen LogP contribution in [-0.4, -0.2) is 27.2 Å². The summed E-state index contributed by atoms with van der Waals surface area (Å²) >= 11 is 0. The van der Waals surface area contributed by atoms with Crippen LogP contribution < -0.4 is 15.6 Å². The van der Waals surface area contributed by atoms with Gasteiger partial charge in [-0.25, -0.2) is 4.52 Å². The molecule has 154 valence electrons.